The van der Waals surface area contributed by atoms with Gasteiger partial charge in [0.2, 0.25) is 0 Å². The van der Waals surface area contributed by atoms with Crippen LogP contribution >= 0.6 is 35.0 Å². The molecule has 3 nitrogen and oxygen atoms in total. The highest BCUT2D eigenvalue weighted by Crippen LogP contribution is 2.27. The van der Waals surface area contributed by atoms with Gasteiger partial charge in [-0.2, -0.15) is 0 Å². The number of oxime groups is 1. The molecule has 0 aliphatic carbocycles. The van der Waals surface area contributed by atoms with Crippen molar-refractivity contribution < 1.29 is 4.84 Å². The lowest BCUT2D eigenvalue weighted by atomic mass is 10.2. The van der Waals surface area contributed by atoms with Crippen molar-refractivity contribution in [2.24, 2.45) is 5.16 Å². The van der Waals surface area contributed by atoms with Gasteiger partial charge in [0, 0.05) is 26.7 Å². The standard InChI is InChI=1S/C24H18Cl2N2OS/c25-21-9-5-17(6-10-21)15-29-27-14-20-13-19-3-1-2-4-23(19)28-24(20)30-16-18-7-11-22(26)12-8-18/h1-14H,15-16H2/b27-14-. The fourth-order valence-corrected chi connectivity index (χ4v) is 4.03. The van der Waals surface area contributed by atoms with Crippen LogP contribution in [0.25, 0.3) is 10.9 Å². The van der Waals surface area contributed by atoms with Gasteiger partial charge < -0.3 is 4.84 Å². The van der Waals surface area contributed by atoms with E-state index in [0.29, 0.717) is 11.6 Å². The molecular weight excluding hydrogens is 435 g/mol. The number of pyridine rings is 1. The van der Waals surface area contributed by atoms with E-state index in [1.807, 2.05) is 72.8 Å². The van der Waals surface area contributed by atoms with Gasteiger partial charge in [-0.15, -0.1) is 11.8 Å². The third-order valence-electron chi connectivity index (χ3n) is 4.42. The number of nitrogens with zero attached hydrogens (tertiary/aromatic N) is 2. The average Bonchev–Trinajstić information content (AvgIpc) is 2.77. The van der Waals surface area contributed by atoms with Crippen molar-refractivity contribution in [1.82, 2.24) is 4.98 Å². The van der Waals surface area contributed by atoms with Crippen LogP contribution in [-0.4, -0.2) is 11.2 Å². The predicted molar refractivity (Wildman–Crippen MR) is 127 cm³/mol. The summed E-state index contributed by atoms with van der Waals surface area (Å²) in [5, 5.41) is 7.57. The van der Waals surface area contributed by atoms with Crippen molar-refractivity contribution in [2.45, 2.75) is 17.4 Å². The summed E-state index contributed by atoms with van der Waals surface area (Å²) in [5.74, 6) is 0.787. The van der Waals surface area contributed by atoms with E-state index in [0.717, 1.165) is 37.8 Å². The fourth-order valence-electron chi connectivity index (χ4n) is 2.84. The molecule has 6 heteroatoms. The number of aromatic nitrogens is 1. The molecule has 0 aliphatic rings. The molecule has 0 amide bonds. The third kappa shape index (κ3) is 5.54. The molecular formula is C24H18Cl2N2OS. The number of benzene rings is 3. The zero-order valence-corrected chi connectivity index (χ0v) is 18.3. The molecule has 1 aromatic heterocycles. The van der Waals surface area contributed by atoms with Crippen LogP contribution in [0.4, 0.5) is 0 Å². The molecule has 0 atom stereocenters. The van der Waals surface area contributed by atoms with E-state index in [9.17, 15) is 0 Å². The minimum atomic E-state index is 0.377. The molecule has 0 N–H and O–H groups in total. The summed E-state index contributed by atoms with van der Waals surface area (Å²) >= 11 is 13.6. The lowest BCUT2D eigenvalue weighted by Crippen LogP contribution is -1.94. The molecule has 3 aromatic carbocycles. The fraction of sp³-hybridized carbons (Fsp3) is 0.0833. The van der Waals surface area contributed by atoms with Gasteiger partial charge in [0.15, 0.2) is 0 Å². The zero-order chi connectivity index (χ0) is 20.8. The summed E-state index contributed by atoms with van der Waals surface area (Å²) < 4.78 is 0. The van der Waals surface area contributed by atoms with Crippen LogP contribution in [0.15, 0.2) is 89.0 Å². The number of hydrogen-bond acceptors (Lipinski definition) is 4. The van der Waals surface area contributed by atoms with E-state index in [1.54, 1.807) is 18.0 Å². The van der Waals surface area contributed by atoms with E-state index in [2.05, 4.69) is 11.2 Å². The van der Waals surface area contributed by atoms with E-state index in [-0.39, 0.29) is 0 Å². The molecule has 150 valence electrons. The van der Waals surface area contributed by atoms with Crippen molar-refractivity contribution in [3.63, 3.8) is 0 Å². The van der Waals surface area contributed by atoms with E-state index < -0.39 is 0 Å². The summed E-state index contributed by atoms with van der Waals surface area (Å²) in [6, 6.07) is 25.5. The van der Waals surface area contributed by atoms with E-state index in [4.69, 9.17) is 33.0 Å². The van der Waals surface area contributed by atoms with Crippen LogP contribution < -0.4 is 0 Å². The monoisotopic (exact) mass is 452 g/mol. The first kappa shape index (κ1) is 20.7. The van der Waals surface area contributed by atoms with Gasteiger partial charge in [0.05, 0.1) is 11.7 Å². The molecule has 0 unspecified atom stereocenters. The minimum absolute atomic E-state index is 0.377. The summed E-state index contributed by atoms with van der Waals surface area (Å²) in [7, 11) is 0. The maximum absolute atomic E-state index is 5.99. The lowest BCUT2D eigenvalue weighted by molar-refractivity contribution is 0.132. The van der Waals surface area contributed by atoms with Crippen LogP contribution in [-0.2, 0) is 17.2 Å². The van der Waals surface area contributed by atoms with Crippen molar-refractivity contribution in [1.29, 1.82) is 0 Å². The first-order chi connectivity index (χ1) is 14.7. The zero-order valence-electron chi connectivity index (χ0n) is 16.0. The Hall–Kier alpha value is -2.53. The smallest absolute Gasteiger partial charge is 0.142 e. The Morgan fingerprint density at radius 2 is 1.53 bits per heavy atom. The number of halogens is 2. The van der Waals surface area contributed by atoms with E-state index in [1.165, 1.54) is 5.56 Å². The van der Waals surface area contributed by atoms with Crippen LogP contribution in [0.5, 0.6) is 0 Å². The topological polar surface area (TPSA) is 34.5 Å². The van der Waals surface area contributed by atoms with Crippen LogP contribution in [0, 0.1) is 0 Å². The maximum atomic E-state index is 5.99. The van der Waals surface area contributed by atoms with Gasteiger partial charge in [-0.3, -0.25) is 0 Å². The second kappa shape index (κ2) is 9.98. The normalized spacial score (nSPS) is 11.3. The van der Waals surface area contributed by atoms with Gasteiger partial charge in [0.25, 0.3) is 0 Å². The van der Waals surface area contributed by atoms with Crippen LogP contribution in [0.3, 0.4) is 0 Å². The molecule has 0 radical (unpaired) electrons. The van der Waals surface area contributed by atoms with Crippen molar-refractivity contribution in [3.05, 3.63) is 106 Å². The highest BCUT2D eigenvalue weighted by Gasteiger charge is 2.07. The second-order valence-corrected chi connectivity index (χ2v) is 8.46. The molecule has 4 aromatic rings. The number of hydrogen-bond donors (Lipinski definition) is 0. The second-order valence-electron chi connectivity index (χ2n) is 6.63. The molecule has 30 heavy (non-hydrogen) atoms. The highest BCUT2D eigenvalue weighted by atomic mass is 35.5. The molecule has 0 fully saturated rings. The molecule has 0 saturated heterocycles. The van der Waals surface area contributed by atoms with Gasteiger partial charge in [0.1, 0.15) is 11.6 Å². The Labute approximate surface area is 189 Å². The Balaban J connectivity index is 1.51. The first-order valence-electron chi connectivity index (χ1n) is 9.34. The quantitative estimate of drug-likeness (QED) is 0.166. The summed E-state index contributed by atoms with van der Waals surface area (Å²) in [6.45, 7) is 0.377. The van der Waals surface area contributed by atoms with E-state index >= 15 is 0 Å². The SMILES string of the molecule is Clc1ccc(CO/N=C\c2cc3ccccc3nc2SCc2ccc(Cl)cc2)cc1. The first-order valence-corrected chi connectivity index (χ1v) is 11.1. The number of thioether (sulfide) groups is 1. The average molecular weight is 453 g/mol. The summed E-state index contributed by atoms with van der Waals surface area (Å²) in [4.78, 5) is 10.3. The Kier molecular flexibility index (Phi) is 6.90. The van der Waals surface area contributed by atoms with Gasteiger partial charge in [-0.25, -0.2) is 4.98 Å². The van der Waals surface area contributed by atoms with Crippen LogP contribution in [0.1, 0.15) is 16.7 Å². The molecule has 0 saturated carbocycles. The van der Waals surface area contributed by atoms with Crippen molar-refractivity contribution >= 4 is 52.1 Å². The Bertz CT molecular complexity index is 1160. The highest BCUT2D eigenvalue weighted by molar-refractivity contribution is 7.98. The number of fused-ring (bicyclic) bond motifs is 1. The third-order valence-corrected chi connectivity index (χ3v) is 6.00. The van der Waals surface area contributed by atoms with Gasteiger partial charge in [-0.05, 0) is 47.5 Å². The van der Waals surface area contributed by atoms with Crippen molar-refractivity contribution in [3.8, 4) is 0 Å². The van der Waals surface area contributed by atoms with Gasteiger partial charge >= 0.3 is 0 Å². The molecule has 1 heterocycles. The summed E-state index contributed by atoms with van der Waals surface area (Å²) in [6.07, 6.45) is 1.72. The predicted octanol–water partition coefficient (Wildman–Crippen LogP) is 7.38. The Morgan fingerprint density at radius 3 is 2.27 bits per heavy atom. The largest absolute Gasteiger partial charge is 0.391 e. The van der Waals surface area contributed by atoms with Gasteiger partial charge in [-0.1, -0.05) is 70.8 Å². The minimum Gasteiger partial charge on any atom is -0.391 e. The molecule has 0 bridgehead atoms. The maximum Gasteiger partial charge on any atom is 0.142 e. The number of para-hydroxylation sites is 1. The van der Waals surface area contributed by atoms with Crippen LogP contribution in [0.2, 0.25) is 10.0 Å². The number of rotatable bonds is 7. The lowest BCUT2D eigenvalue weighted by Gasteiger charge is -2.08. The molecule has 0 spiro atoms. The Morgan fingerprint density at radius 1 is 0.867 bits per heavy atom. The van der Waals surface area contributed by atoms with Crippen molar-refractivity contribution in [2.75, 3.05) is 0 Å². The molecule has 4 rings (SSSR count). The summed E-state index contributed by atoms with van der Waals surface area (Å²) in [5.41, 5.74) is 4.06. The molecule has 0 aliphatic heterocycles.